The van der Waals surface area contributed by atoms with Gasteiger partial charge in [-0.25, -0.2) is 9.97 Å². The lowest BCUT2D eigenvalue weighted by molar-refractivity contribution is -0.158. The summed E-state index contributed by atoms with van der Waals surface area (Å²) in [7, 11) is 0. The van der Waals surface area contributed by atoms with Crippen molar-refractivity contribution in [2.75, 3.05) is 4.90 Å². The molecule has 0 spiro atoms. The minimum atomic E-state index is -0.612. The molecular formula is C14H16ClN3O2. The van der Waals surface area contributed by atoms with Crippen LogP contribution in [-0.4, -0.2) is 33.1 Å². The first kappa shape index (κ1) is 12.4. The number of carboxylic acids is 1. The monoisotopic (exact) mass is 293 g/mol. The van der Waals surface area contributed by atoms with E-state index < -0.39 is 11.4 Å². The normalized spacial score (nSPS) is 38.2. The molecule has 20 heavy (non-hydrogen) atoms. The van der Waals surface area contributed by atoms with E-state index in [4.69, 9.17) is 11.6 Å². The standard InChI is InChI=1S/C14H16ClN3O2/c15-11-6-17-12(7-16-11)18-9-1-8-2-10(18)5-14(3-8,4-9)13(19)20/h6-10H,1-5H2,(H,19,20). The van der Waals surface area contributed by atoms with E-state index in [9.17, 15) is 9.90 Å². The number of aromatic nitrogens is 2. The van der Waals surface area contributed by atoms with Crippen LogP contribution in [0.1, 0.15) is 32.1 Å². The fraction of sp³-hybridized carbons (Fsp3) is 0.643. The Morgan fingerprint density at radius 1 is 1.25 bits per heavy atom. The number of carboxylic acid groups (broad SMARTS) is 1. The topological polar surface area (TPSA) is 66.3 Å². The molecule has 2 aliphatic carbocycles. The van der Waals surface area contributed by atoms with Gasteiger partial charge >= 0.3 is 5.97 Å². The van der Waals surface area contributed by atoms with Crippen LogP contribution in [0.4, 0.5) is 5.82 Å². The van der Waals surface area contributed by atoms with Crippen molar-refractivity contribution in [2.45, 2.75) is 44.2 Å². The Bertz CT molecular complexity index is 546. The number of anilines is 1. The van der Waals surface area contributed by atoms with Crippen LogP contribution in [0.25, 0.3) is 0 Å². The van der Waals surface area contributed by atoms with Gasteiger partial charge in [-0.15, -0.1) is 0 Å². The number of nitrogens with zero attached hydrogens (tertiary/aromatic N) is 3. The van der Waals surface area contributed by atoms with E-state index in [1.807, 2.05) is 0 Å². The van der Waals surface area contributed by atoms with Crippen LogP contribution >= 0.6 is 11.6 Å². The molecule has 1 aromatic rings. The highest BCUT2D eigenvalue weighted by Crippen LogP contribution is 2.56. The van der Waals surface area contributed by atoms with Crippen molar-refractivity contribution in [3.63, 3.8) is 0 Å². The lowest BCUT2D eigenvalue weighted by Crippen LogP contribution is -2.64. The van der Waals surface area contributed by atoms with Gasteiger partial charge in [-0.3, -0.25) is 4.79 Å². The second kappa shape index (κ2) is 4.07. The maximum Gasteiger partial charge on any atom is 0.309 e. The quantitative estimate of drug-likeness (QED) is 0.906. The zero-order valence-corrected chi connectivity index (χ0v) is 11.8. The molecule has 2 atom stereocenters. The summed E-state index contributed by atoms with van der Waals surface area (Å²) in [5, 5.41) is 10.00. The van der Waals surface area contributed by atoms with Crippen molar-refractivity contribution in [1.82, 2.24) is 9.97 Å². The SMILES string of the molecule is O=C(O)C12CC3CC(C1)N(c1cnc(Cl)cn1)C(C3)C2. The smallest absolute Gasteiger partial charge is 0.309 e. The Labute approximate surface area is 122 Å². The van der Waals surface area contributed by atoms with Gasteiger partial charge in [0.15, 0.2) is 0 Å². The Hall–Kier alpha value is -1.36. The predicted molar refractivity (Wildman–Crippen MR) is 73.7 cm³/mol. The molecule has 0 aromatic carbocycles. The number of aliphatic carboxylic acids is 1. The molecule has 1 N–H and O–H groups in total. The molecule has 1 aromatic heterocycles. The maximum atomic E-state index is 11.7. The third-order valence-corrected chi connectivity index (χ3v) is 5.45. The molecule has 106 valence electrons. The van der Waals surface area contributed by atoms with E-state index in [1.54, 1.807) is 12.4 Å². The number of carbonyl (C=O) groups is 1. The molecule has 2 saturated carbocycles. The average Bonchev–Trinajstić information content (AvgIpc) is 2.39. The molecule has 4 bridgehead atoms. The van der Waals surface area contributed by atoms with E-state index in [1.165, 1.54) is 0 Å². The molecule has 0 radical (unpaired) electrons. The first-order chi connectivity index (χ1) is 9.57. The molecule has 5 nitrogen and oxygen atoms in total. The van der Waals surface area contributed by atoms with Crippen LogP contribution < -0.4 is 4.90 Å². The first-order valence-corrected chi connectivity index (χ1v) is 7.44. The summed E-state index contributed by atoms with van der Waals surface area (Å²) < 4.78 is 0. The van der Waals surface area contributed by atoms with Gasteiger partial charge in [0.05, 0.1) is 17.8 Å². The van der Waals surface area contributed by atoms with E-state index in [0.29, 0.717) is 11.1 Å². The highest BCUT2D eigenvalue weighted by atomic mass is 35.5. The number of halogens is 1. The molecular weight excluding hydrogens is 278 g/mol. The van der Waals surface area contributed by atoms with Crippen molar-refractivity contribution in [3.05, 3.63) is 17.5 Å². The number of hydrogen-bond donors (Lipinski definition) is 1. The molecule has 6 heteroatoms. The summed E-state index contributed by atoms with van der Waals surface area (Å²) in [5.41, 5.74) is -0.493. The molecule has 4 fully saturated rings. The zero-order chi connectivity index (χ0) is 13.9. The van der Waals surface area contributed by atoms with Crippen molar-refractivity contribution < 1.29 is 9.90 Å². The first-order valence-electron chi connectivity index (χ1n) is 7.07. The summed E-state index contributed by atoms with van der Waals surface area (Å²) in [6, 6.07) is 0.570. The molecule has 2 saturated heterocycles. The predicted octanol–water partition coefficient (Wildman–Crippen LogP) is 2.35. The number of hydrogen-bond acceptors (Lipinski definition) is 4. The van der Waals surface area contributed by atoms with Gasteiger partial charge in [-0.2, -0.15) is 0 Å². The van der Waals surface area contributed by atoms with E-state index in [-0.39, 0.29) is 12.1 Å². The third kappa shape index (κ3) is 1.65. The summed E-state index contributed by atoms with van der Waals surface area (Å²) in [5.74, 6) is 0.780. The molecule has 2 aliphatic heterocycles. The molecule has 2 unspecified atom stereocenters. The summed E-state index contributed by atoms with van der Waals surface area (Å²) in [6.07, 6.45) is 7.76. The Morgan fingerprint density at radius 3 is 2.50 bits per heavy atom. The number of piperidine rings is 2. The second-order valence-electron chi connectivity index (χ2n) is 6.45. The maximum absolute atomic E-state index is 11.7. The van der Waals surface area contributed by atoms with Gasteiger partial charge < -0.3 is 10.0 Å². The van der Waals surface area contributed by atoms with Gasteiger partial charge in [-0.1, -0.05) is 11.6 Å². The van der Waals surface area contributed by atoms with Crippen LogP contribution in [0.3, 0.4) is 0 Å². The summed E-state index contributed by atoms with van der Waals surface area (Å²) >= 11 is 5.80. The average molecular weight is 294 g/mol. The van der Waals surface area contributed by atoms with Crippen molar-refractivity contribution in [3.8, 4) is 0 Å². The Balaban J connectivity index is 1.69. The third-order valence-electron chi connectivity index (χ3n) is 5.25. The van der Waals surface area contributed by atoms with Crippen LogP contribution in [0.5, 0.6) is 0 Å². The molecule has 4 aliphatic rings. The van der Waals surface area contributed by atoms with Gasteiger partial charge in [0.2, 0.25) is 0 Å². The summed E-state index contributed by atoms with van der Waals surface area (Å²) in [4.78, 5) is 22.5. The van der Waals surface area contributed by atoms with Crippen LogP contribution in [-0.2, 0) is 4.79 Å². The van der Waals surface area contributed by atoms with Crippen LogP contribution in [0.2, 0.25) is 5.15 Å². The lowest BCUT2D eigenvalue weighted by Gasteiger charge is -2.60. The second-order valence-corrected chi connectivity index (χ2v) is 6.83. The Kier molecular flexibility index (Phi) is 2.52. The van der Waals surface area contributed by atoms with Gasteiger partial charge in [0.25, 0.3) is 0 Å². The minimum absolute atomic E-state index is 0.285. The van der Waals surface area contributed by atoms with Gasteiger partial charge in [0, 0.05) is 12.1 Å². The van der Waals surface area contributed by atoms with E-state index in [2.05, 4.69) is 14.9 Å². The summed E-state index contributed by atoms with van der Waals surface area (Å²) in [6.45, 7) is 0. The fourth-order valence-electron chi connectivity index (χ4n) is 4.70. The van der Waals surface area contributed by atoms with Gasteiger partial charge in [-0.05, 0) is 38.0 Å². The Morgan fingerprint density at radius 2 is 1.95 bits per heavy atom. The van der Waals surface area contributed by atoms with Crippen LogP contribution in [0, 0.1) is 11.3 Å². The number of rotatable bonds is 2. The van der Waals surface area contributed by atoms with Crippen molar-refractivity contribution >= 4 is 23.4 Å². The zero-order valence-electron chi connectivity index (χ0n) is 11.0. The lowest BCUT2D eigenvalue weighted by atomic mass is 9.55. The fourth-order valence-corrected chi connectivity index (χ4v) is 4.80. The molecule has 0 amide bonds. The van der Waals surface area contributed by atoms with E-state index >= 15 is 0 Å². The minimum Gasteiger partial charge on any atom is -0.481 e. The molecule has 5 rings (SSSR count). The van der Waals surface area contributed by atoms with Gasteiger partial charge in [0.1, 0.15) is 11.0 Å². The van der Waals surface area contributed by atoms with Crippen molar-refractivity contribution in [2.24, 2.45) is 11.3 Å². The highest BCUT2D eigenvalue weighted by molar-refractivity contribution is 6.29. The molecule has 3 heterocycles. The van der Waals surface area contributed by atoms with Crippen molar-refractivity contribution in [1.29, 1.82) is 0 Å². The largest absolute Gasteiger partial charge is 0.481 e. The van der Waals surface area contributed by atoms with E-state index in [0.717, 1.165) is 37.9 Å². The van der Waals surface area contributed by atoms with Crippen LogP contribution in [0.15, 0.2) is 12.4 Å². The highest BCUT2D eigenvalue weighted by Gasteiger charge is 2.58.